The van der Waals surface area contributed by atoms with Crippen molar-refractivity contribution in [2.45, 2.75) is 5.16 Å². The largest absolute Gasteiger partial charge is 0.465 e. The lowest BCUT2D eigenvalue weighted by molar-refractivity contribution is -0.113. The predicted molar refractivity (Wildman–Crippen MR) is 112 cm³/mol. The number of aromatic amines is 1. The van der Waals surface area contributed by atoms with E-state index in [0.717, 1.165) is 11.8 Å². The summed E-state index contributed by atoms with van der Waals surface area (Å²) in [6.07, 6.45) is 0. The zero-order valence-corrected chi connectivity index (χ0v) is 16.7. The van der Waals surface area contributed by atoms with Gasteiger partial charge in [-0.1, -0.05) is 48.2 Å². The van der Waals surface area contributed by atoms with Gasteiger partial charge in [-0.2, -0.15) is 5.26 Å². The van der Waals surface area contributed by atoms with Gasteiger partial charge in [-0.05, 0) is 18.2 Å². The van der Waals surface area contributed by atoms with Crippen LogP contribution in [0.2, 0.25) is 0 Å². The van der Waals surface area contributed by atoms with Crippen LogP contribution in [-0.4, -0.2) is 34.7 Å². The Balaban J connectivity index is 1.74. The first-order valence-electron chi connectivity index (χ1n) is 8.72. The Hall–Kier alpha value is -3.90. The maximum Gasteiger partial charge on any atom is 0.337 e. The van der Waals surface area contributed by atoms with Crippen LogP contribution in [0.1, 0.15) is 15.9 Å². The van der Waals surface area contributed by atoms with Gasteiger partial charge < -0.3 is 15.0 Å². The minimum absolute atomic E-state index is 0.0362. The van der Waals surface area contributed by atoms with E-state index >= 15 is 0 Å². The molecule has 3 aromatic rings. The molecule has 0 bridgehead atoms. The van der Waals surface area contributed by atoms with Gasteiger partial charge in [0, 0.05) is 11.3 Å². The van der Waals surface area contributed by atoms with E-state index in [0.29, 0.717) is 16.8 Å². The molecule has 1 aromatic heterocycles. The topological polar surface area (TPSA) is 125 Å². The molecule has 0 aliphatic carbocycles. The molecule has 0 saturated heterocycles. The normalized spacial score (nSPS) is 10.1. The van der Waals surface area contributed by atoms with Crippen molar-refractivity contribution in [2.75, 3.05) is 18.2 Å². The number of esters is 1. The van der Waals surface area contributed by atoms with Crippen LogP contribution in [0.25, 0.3) is 11.3 Å². The molecule has 0 radical (unpaired) electrons. The van der Waals surface area contributed by atoms with E-state index in [-0.39, 0.29) is 28.1 Å². The van der Waals surface area contributed by atoms with E-state index in [2.05, 4.69) is 20.0 Å². The molecular weight excluding hydrogens is 404 g/mol. The molecule has 0 spiro atoms. The van der Waals surface area contributed by atoms with Crippen molar-refractivity contribution in [3.63, 3.8) is 0 Å². The lowest BCUT2D eigenvalue weighted by atomic mass is 10.1. The third-order valence-corrected chi connectivity index (χ3v) is 4.84. The maximum absolute atomic E-state index is 12.3. The lowest BCUT2D eigenvalue weighted by Crippen LogP contribution is -2.17. The number of nitrogens with zero attached hydrogens (tertiary/aromatic N) is 2. The summed E-state index contributed by atoms with van der Waals surface area (Å²) in [7, 11) is 1.28. The predicted octanol–water partition coefficient (Wildman–Crippen LogP) is 2.83. The zero-order valence-electron chi connectivity index (χ0n) is 15.8. The number of benzene rings is 2. The smallest absolute Gasteiger partial charge is 0.337 e. The molecule has 0 fully saturated rings. The Kier molecular flexibility index (Phi) is 6.62. The maximum atomic E-state index is 12.3. The highest BCUT2D eigenvalue weighted by molar-refractivity contribution is 7.99. The molecule has 0 saturated carbocycles. The summed E-state index contributed by atoms with van der Waals surface area (Å²) in [6, 6.07) is 17.1. The first kappa shape index (κ1) is 20.8. The van der Waals surface area contributed by atoms with Gasteiger partial charge in [0.15, 0.2) is 5.16 Å². The number of carbonyl (C=O) groups excluding carboxylic acids is 2. The summed E-state index contributed by atoms with van der Waals surface area (Å²) in [4.78, 5) is 43.0. The van der Waals surface area contributed by atoms with Crippen molar-refractivity contribution in [1.82, 2.24) is 9.97 Å². The van der Waals surface area contributed by atoms with Gasteiger partial charge in [0.25, 0.3) is 5.56 Å². The first-order valence-corrected chi connectivity index (χ1v) is 9.71. The number of H-pyrrole nitrogens is 1. The highest BCUT2D eigenvalue weighted by Crippen LogP contribution is 2.22. The average Bonchev–Trinajstić information content (AvgIpc) is 2.77. The Morgan fingerprint density at radius 2 is 1.97 bits per heavy atom. The number of hydrogen-bond donors (Lipinski definition) is 2. The number of methoxy groups -OCH3 is 1. The number of thioether (sulfide) groups is 1. The standard InChI is InChI=1S/C21H16N4O4S/c1-29-20(28)14-8-5-9-15(10-14)23-17(26)12-30-21-24-18(13-6-3-2-4-7-13)16(11-22)19(27)25-21/h2-10H,12H2,1H3,(H,23,26)(H,24,25,27). The molecule has 1 amide bonds. The second-order valence-corrected chi connectivity index (χ2v) is 6.95. The van der Waals surface area contributed by atoms with Crippen LogP contribution in [0.4, 0.5) is 5.69 Å². The summed E-state index contributed by atoms with van der Waals surface area (Å²) < 4.78 is 4.66. The third-order valence-electron chi connectivity index (χ3n) is 3.96. The van der Waals surface area contributed by atoms with Crippen LogP contribution in [0.5, 0.6) is 0 Å². The van der Waals surface area contributed by atoms with E-state index in [1.807, 2.05) is 12.1 Å². The zero-order chi connectivity index (χ0) is 21.5. The molecule has 3 rings (SSSR count). The first-order chi connectivity index (χ1) is 14.5. The van der Waals surface area contributed by atoms with E-state index in [1.54, 1.807) is 42.5 Å². The van der Waals surface area contributed by atoms with Crippen LogP contribution in [0, 0.1) is 11.3 Å². The van der Waals surface area contributed by atoms with Gasteiger partial charge >= 0.3 is 5.97 Å². The molecule has 0 aliphatic heterocycles. The molecule has 8 nitrogen and oxygen atoms in total. The highest BCUT2D eigenvalue weighted by Gasteiger charge is 2.14. The van der Waals surface area contributed by atoms with Crippen molar-refractivity contribution in [2.24, 2.45) is 0 Å². The molecule has 2 N–H and O–H groups in total. The summed E-state index contributed by atoms with van der Waals surface area (Å²) in [5.41, 5.74) is 0.986. The number of nitriles is 1. The Morgan fingerprint density at radius 1 is 1.20 bits per heavy atom. The molecule has 30 heavy (non-hydrogen) atoms. The highest BCUT2D eigenvalue weighted by atomic mass is 32.2. The monoisotopic (exact) mass is 420 g/mol. The number of rotatable bonds is 6. The van der Waals surface area contributed by atoms with Crippen LogP contribution in [0.3, 0.4) is 0 Å². The van der Waals surface area contributed by atoms with Crippen molar-refractivity contribution >= 4 is 29.3 Å². The minimum atomic E-state index is -0.569. The number of nitrogens with one attached hydrogen (secondary N) is 2. The number of anilines is 1. The Bertz CT molecular complexity index is 1190. The van der Waals surface area contributed by atoms with Gasteiger partial charge in [0.2, 0.25) is 5.91 Å². The van der Waals surface area contributed by atoms with Crippen molar-refractivity contribution < 1.29 is 14.3 Å². The van der Waals surface area contributed by atoms with Crippen molar-refractivity contribution in [3.8, 4) is 17.3 Å². The fourth-order valence-corrected chi connectivity index (χ4v) is 3.26. The van der Waals surface area contributed by atoms with E-state index in [1.165, 1.54) is 13.2 Å². The van der Waals surface area contributed by atoms with Gasteiger partial charge in [0.1, 0.15) is 11.6 Å². The van der Waals surface area contributed by atoms with Crippen LogP contribution >= 0.6 is 11.8 Å². The summed E-state index contributed by atoms with van der Waals surface area (Å²) >= 11 is 1.03. The molecule has 0 atom stereocenters. The molecule has 2 aromatic carbocycles. The van der Waals surface area contributed by atoms with Gasteiger partial charge in [-0.3, -0.25) is 9.59 Å². The summed E-state index contributed by atoms with van der Waals surface area (Å²) in [6.45, 7) is 0. The lowest BCUT2D eigenvalue weighted by Gasteiger charge is -2.08. The number of amides is 1. The van der Waals surface area contributed by atoms with Gasteiger partial charge in [0.05, 0.1) is 24.1 Å². The Morgan fingerprint density at radius 3 is 2.67 bits per heavy atom. The molecule has 150 valence electrons. The fourth-order valence-electron chi connectivity index (χ4n) is 2.60. The van der Waals surface area contributed by atoms with Crippen LogP contribution in [0.15, 0.2) is 64.5 Å². The second-order valence-electron chi connectivity index (χ2n) is 5.98. The van der Waals surface area contributed by atoms with Gasteiger partial charge in [-0.25, -0.2) is 9.78 Å². The van der Waals surface area contributed by atoms with Gasteiger partial charge in [-0.15, -0.1) is 0 Å². The van der Waals surface area contributed by atoms with Crippen LogP contribution in [-0.2, 0) is 9.53 Å². The number of aromatic nitrogens is 2. The average molecular weight is 420 g/mol. The molecular formula is C21H16N4O4S. The molecule has 0 aliphatic rings. The summed E-state index contributed by atoms with van der Waals surface area (Å²) in [5.74, 6) is -0.894. The molecule has 1 heterocycles. The third kappa shape index (κ3) is 4.92. The Labute approximate surface area is 175 Å². The number of carbonyl (C=O) groups is 2. The van der Waals surface area contributed by atoms with E-state index < -0.39 is 11.5 Å². The van der Waals surface area contributed by atoms with Crippen LogP contribution < -0.4 is 10.9 Å². The second kappa shape index (κ2) is 9.54. The SMILES string of the molecule is COC(=O)c1cccc(NC(=O)CSc2nc(-c3ccccc3)c(C#N)c(=O)[nH]2)c1. The molecule has 9 heteroatoms. The molecule has 0 unspecified atom stereocenters. The minimum Gasteiger partial charge on any atom is -0.465 e. The van der Waals surface area contributed by atoms with E-state index in [9.17, 15) is 19.6 Å². The summed E-state index contributed by atoms with van der Waals surface area (Å²) in [5, 5.41) is 12.2. The fraction of sp³-hybridized carbons (Fsp3) is 0.0952. The number of hydrogen-bond acceptors (Lipinski definition) is 7. The van der Waals surface area contributed by atoms with E-state index in [4.69, 9.17) is 0 Å². The quantitative estimate of drug-likeness (QED) is 0.357. The number of ether oxygens (including phenoxy) is 1. The van der Waals surface area contributed by atoms with Crippen molar-refractivity contribution in [3.05, 3.63) is 76.1 Å². The van der Waals surface area contributed by atoms with Crippen molar-refractivity contribution in [1.29, 1.82) is 5.26 Å².